The summed E-state index contributed by atoms with van der Waals surface area (Å²) in [5.74, 6) is 2.50. The van der Waals surface area contributed by atoms with Crippen molar-refractivity contribution in [1.29, 1.82) is 0 Å². The predicted molar refractivity (Wildman–Crippen MR) is 102 cm³/mol. The van der Waals surface area contributed by atoms with E-state index < -0.39 is 0 Å². The molecule has 2 aliphatic heterocycles. The summed E-state index contributed by atoms with van der Waals surface area (Å²) in [7, 11) is 3.89. The molecule has 2 aromatic rings. The van der Waals surface area contributed by atoms with E-state index in [9.17, 15) is 0 Å². The molecule has 0 atom stereocenters. The van der Waals surface area contributed by atoms with Crippen LogP contribution in [0.15, 0.2) is 30.5 Å². The van der Waals surface area contributed by atoms with Crippen LogP contribution in [0.4, 0.5) is 0 Å². The van der Waals surface area contributed by atoms with Crippen LogP contribution in [0.5, 0.6) is 5.75 Å². The number of nitrogens with zero attached hydrogens (tertiary/aromatic N) is 4. The van der Waals surface area contributed by atoms with Crippen molar-refractivity contribution < 1.29 is 4.74 Å². The van der Waals surface area contributed by atoms with Crippen LogP contribution in [0.3, 0.4) is 0 Å². The number of ether oxygens (including phenoxy) is 1. The number of fused-ring (bicyclic) bond motifs is 1. The van der Waals surface area contributed by atoms with E-state index in [2.05, 4.69) is 41.2 Å². The van der Waals surface area contributed by atoms with E-state index in [1.807, 2.05) is 6.07 Å². The average molecular weight is 352 g/mol. The van der Waals surface area contributed by atoms with Crippen molar-refractivity contribution in [2.75, 3.05) is 33.8 Å². The molecule has 0 unspecified atom stereocenters. The minimum absolute atomic E-state index is 0.501. The van der Waals surface area contributed by atoms with E-state index in [1.54, 1.807) is 7.11 Å². The molecule has 5 heteroatoms. The Balaban J connectivity index is 1.36. The lowest BCUT2D eigenvalue weighted by atomic mass is 9.95. The Morgan fingerprint density at radius 3 is 2.85 bits per heavy atom. The van der Waals surface area contributed by atoms with Crippen molar-refractivity contribution in [3.63, 3.8) is 0 Å². The highest BCUT2D eigenvalue weighted by Crippen LogP contribution is 2.28. The van der Waals surface area contributed by atoms with Crippen molar-refractivity contribution in [3.05, 3.63) is 53.1 Å². The Hall–Kier alpha value is -1.98. The molecule has 0 spiro atoms. The molecule has 138 valence electrons. The van der Waals surface area contributed by atoms with Crippen LogP contribution >= 0.6 is 0 Å². The third-order valence-corrected chi connectivity index (χ3v) is 5.64. The van der Waals surface area contributed by atoms with Crippen LogP contribution in [0, 0.1) is 0 Å². The summed E-state index contributed by atoms with van der Waals surface area (Å²) in [5, 5.41) is 0. The number of aromatic nitrogens is 2. The predicted octanol–water partition coefficient (Wildman–Crippen LogP) is 2.85. The molecule has 0 bridgehead atoms. The molecule has 3 heterocycles. The molecule has 1 saturated heterocycles. The molecule has 0 radical (unpaired) electrons. The van der Waals surface area contributed by atoms with E-state index in [4.69, 9.17) is 14.7 Å². The van der Waals surface area contributed by atoms with E-state index in [0.29, 0.717) is 5.92 Å². The second-order valence-corrected chi connectivity index (χ2v) is 7.59. The number of piperidine rings is 1. The second kappa shape index (κ2) is 7.72. The maximum atomic E-state index is 5.33. The third kappa shape index (κ3) is 3.89. The van der Waals surface area contributed by atoms with E-state index in [1.165, 1.54) is 16.8 Å². The van der Waals surface area contributed by atoms with Gasteiger partial charge in [-0.2, -0.15) is 0 Å². The molecular formula is C21H28N4O. The number of hydrogen-bond donors (Lipinski definition) is 0. The highest BCUT2D eigenvalue weighted by Gasteiger charge is 2.24. The normalized spacial score (nSPS) is 19.3. The molecule has 0 aliphatic carbocycles. The zero-order chi connectivity index (χ0) is 17.9. The van der Waals surface area contributed by atoms with Gasteiger partial charge in [-0.05, 0) is 50.7 Å². The van der Waals surface area contributed by atoms with Crippen molar-refractivity contribution in [1.82, 2.24) is 19.8 Å². The van der Waals surface area contributed by atoms with Crippen molar-refractivity contribution in [3.8, 4) is 5.75 Å². The molecule has 1 aromatic heterocycles. The van der Waals surface area contributed by atoms with Crippen LogP contribution in [0.25, 0.3) is 0 Å². The fourth-order valence-electron chi connectivity index (χ4n) is 4.05. The summed E-state index contributed by atoms with van der Waals surface area (Å²) in [5.41, 5.74) is 3.89. The minimum Gasteiger partial charge on any atom is -0.497 e. The third-order valence-electron chi connectivity index (χ3n) is 5.64. The second-order valence-electron chi connectivity index (χ2n) is 7.59. The van der Waals surface area contributed by atoms with Gasteiger partial charge in [-0.1, -0.05) is 12.1 Å². The van der Waals surface area contributed by atoms with Gasteiger partial charge in [0.25, 0.3) is 0 Å². The first kappa shape index (κ1) is 17.4. The van der Waals surface area contributed by atoms with Crippen LogP contribution in [-0.2, 0) is 19.5 Å². The van der Waals surface area contributed by atoms with Crippen LogP contribution < -0.4 is 4.74 Å². The standard InChI is InChI=1S/C21H28N4O/c1-24-9-8-20-18(15-24)13-22-21(23-20)17-6-10-25(11-7-17)14-16-4-3-5-19(12-16)26-2/h3-5,12-13,17H,6-11,14-15H2,1-2H3. The molecule has 5 nitrogen and oxygen atoms in total. The fraction of sp³-hybridized carbons (Fsp3) is 0.524. The van der Waals surface area contributed by atoms with Crippen LogP contribution in [0.2, 0.25) is 0 Å². The minimum atomic E-state index is 0.501. The van der Waals surface area contributed by atoms with E-state index in [0.717, 1.165) is 63.6 Å². The lowest BCUT2D eigenvalue weighted by molar-refractivity contribution is 0.201. The zero-order valence-electron chi connectivity index (χ0n) is 15.8. The number of methoxy groups -OCH3 is 1. The van der Waals surface area contributed by atoms with Gasteiger partial charge in [0.1, 0.15) is 11.6 Å². The van der Waals surface area contributed by atoms with Crippen molar-refractivity contribution >= 4 is 0 Å². The van der Waals surface area contributed by atoms with Gasteiger partial charge in [0, 0.05) is 49.4 Å². The van der Waals surface area contributed by atoms with Crippen LogP contribution in [0.1, 0.15) is 41.4 Å². The van der Waals surface area contributed by atoms with E-state index in [-0.39, 0.29) is 0 Å². The van der Waals surface area contributed by atoms with Gasteiger partial charge in [-0.25, -0.2) is 9.97 Å². The quantitative estimate of drug-likeness (QED) is 0.846. The van der Waals surface area contributed by atoms with E-state index >= 15 is 0 Å². The Bertz CT molecular complexity index is 755. The first-order valence-electron chi connectivity index (χ1n) is 9.60. The van der Waals surface area contributed by atoms with Crippen molar-refractivity contribution in [2.24, 2.45) is 0 Å². The van der Waals surface area contributed by atoms with Crippen LogP contribution in [-0.4, -0.2) is 53.6 Å². The Morgan fingerprint density at radius 1 is 1.19 bits per heavy atom. The maximum absolute atomic E-state index is 5.33. The maximum Gasteiger partial charge on any atom is 0.131 e. The summed E-state index contributed by atoms with van der Waals surface area (Å²) >= 11 is 0. The van der Waals surface area contributed by atoms with Gasteiger partial charge in [0.2, 0.25) is 0 Å². The highest BCUT2D eigenvalue weighted by atomic mass is 16.5. The van der Waals surface area contributed by atoms with Gasteiger partial charge in [0.05, 0.1) is 7.11 Å². The van der Waals surface area contributed by atoms with Gasteiger partial charge >= 0.3 is 0 Å². The largest absolute Gasteiger partial charge is 0.497 e. The Kier molecular flexibility index (Phi) is 5.18. The number of hydrogen-bond acceptors (Lipinski definition) is 5. The van der Waals surface area contributed by atoms with Crippen molar-refractivity contribution in [2.45, 2.75) is 38.3 Å². The molecule has 1 fully saturated rings. The number of rotatable bonds is 4. The fourth-order valence-corrected chi connectivity index (χ4v) is 4.05. The van der Waals surface area contributed by atoms with Gasteiger partial charge in [-0.15, -0.1) is 0 Å². The molecule has 26 heavy (non-hydrogen) atoms. The number of benzene rings is 1. The Morgan fingerprint density at radius 2 is 2.04 bits per heavy atom. The molecule has 1 aromatic carbocycles. The monoisotopic (exact) mass is 352 g/mol. The summed E-state index contributed by atoms with van der Waals surface area (Å²) in [4.78, 5) is 14.5. The molecule has 2 aliphatic rings. The van der Waals surface area contributed by atoms with Gasteiger partial charge < -0.3 is 9.64 Å². The lowest BCUT2D eigenvalue weighted by Crippen LogP contribution is -2.33. The molecule has 0 N–H and O–H groups in total. The average Bonchev–Trinajstić information content (AvgIpc) is 2.68. The first-order chi connectivity index (χ1) is 12.7. The molecule has 4 rings (SSSR count). The molecular weight excluding hydrogens is 324 g/mol. The number of likely N-dealkylation sites (N-methyl/N-ethyl adjacent to an activating group) is 1. The SMILES string of the molecule is COc1cccc(CN2CCC(c3ncc4c(n3)CCN(C)C4)CC2)c1. The Labute approximate surface area is 156 Å². The van der Waals surface area contributed by atoms with Gasteiger partial charge in [0.15, 0.2) is 0 Å². The number of likely N-dealkylation sites (tertiary alicyclic amines) is 1. The lowest BCUT2D eigenvalue weighted by Gasteiger charge is -2.32. The van der Waals surface area contributed by atoms with Gasteiger partial charge in [-0.3, -0.25) is 4.90 Å². The highest BCUT2D eigenvalue weighted by molar-refractivity contribution is 5.28. The summed E-state index contributed by atoms with van der Waals surface area (Å²) in [6.07, 6.45) is 5.40. The summed E-state index contributed by atoms with van der Waals surface area (Å²) in [6.45, 7) is 5.27. The molecule has 0 amide bonds. The smallest absolute Gasteiger partial charge is 0.131 e. The topological polar surface area (TPSA) is 41.5 Å². The summed E-state index contributed by atoms with van der Waals surface area (Å²) < 4.78 is 5.33. The molecule has 0 saturated carbocycles. The first-order valence-corrected chi connectivity index (χ1v) is 9.60. The zero-order valence-corrected chi connectivity index (χ0v) is 15.8. The summed E-state index contributed by atoms with van der Waals surface area (Å²) in [6, 6.07) is 8.38.